The van der Waals surface area contributed by atoms with Crippen molar-refractivity contribution in [1.82, 2.24) is 10.7 Å². The highest BCUT2D eigenvalue weighted by molar-refractivity contribution is 7.80. The van der Waals surface area contributed by atoms with Crippen molar-refractivity contribution >= 4 is 28.7 Å². The molecule has 1 aromatic carbocycles. The van der Waals surface area contributed by atoms with E-state index in [4.69, 9.17) is 12.2 Å². The first-order valence-electron chi connectivity index (χ1n) is 6.37. The SMILES string of the molecule is CCCCNC(=S)NN=C(C)c1cccc([N+](=O)[O-])c1. The van der Waals surface area contributed by atoms with Crippen LogP contribution in [0.1, 0.15) is 32.3 Å². The molecule has 0 aliphatic carbocycles. The number of nitrogens with one attached hydrogen (secondary N) is 2. The number of thiocarbonyl (C=S) groups is 1. The number of hydrogen-bond donors (Lipinski definition) is 2. The van der Waals surface area contributed by atoms with Gasteiger partial charge in [0.1, 0.15) is 0 Å². The summed E-state index contributed by atoms with van der Waals surface area (Å²) < 4.78 is 0. The van der Waals surface area contributed by atoms with E-state index in [-0.39, 0.29) is 5.69 Å². The van der Waals surface area contributed by atoms with Crippen molar-refractivity contribution in [3.8, 4) is 0 Å². The number of hydrogen-bond acceptors (Lipinski definition) is 4. The second-order valence-electron chi connectivity index (χ2n) is 4.23. The average Bonchev–Trinajstić information content (AvgIpc) is 2.45. The first-order chi connectivity index (χ1) is 9.54. The van der Waals surface area contributed by atoms with Gasteiger partial charge in [-0.25, -0.2) is 0 Å². The fraction of sp³-hybridized carbons (Fsp3) is 0.385. The van der Waals surface area contributed by atoms with Gasteiger partial charge in [0.2, 0.25) is 0 Å². The maximum absolute atomic E-state index is 10.7. The summed E-state index contributed by atoms with van der Waals surface area (Å²) in [6, 6.07) is 6.32. The van der Waals surface area contributed by atoms with Crippen LogP contribution >= 0.6 is 12.2 Å². The Kier molecular flexibility index (Phi) is 6.58. The minimum absolute atomic E-state index is 0.0423. The molecule has 0 fully saturated rings. The molecule has 0 aliphatic rings. The Morgan fingerprint density at radius 3 is 2.90 bits per heavy atom. The third kappa shape index (κ3) is 5.31. The molecule has 0 saturated heterocycles. The minimum atomic E-state index is -0.429. The smallest absolute Gasteiger partial charge is 0.270 e. The van der Waals surface area contributed by atoms with Gasteiger partial charge in [-0.3, -0.25) is 15.5 Å². The van der Waals surface area contributed by atoms with E-state index in [1.165, 1.54) is 12.1 Å². The Balaban J connectivity index is 2.62. The number of nitro benzene ring substituents is 1. The molecule has 0 atom stereocenters. The molecule has 0 aromatic heterocycles. The van der Waals surface area contributed by atoms with Gasteiger partial charge in [0.15, 0.2) is 5.11 Å². The first-order valence-corrected chi connectivity index (χ1v) is 6.78. The maximum Gasteiger partial charge on any atom is 0.270 e. The van der Waals surface area contributed by atoms with Crippen LogP contribution in [0.25, 0.3) is 0 Å². The Hall–Kier alpha value is -2.02. The Morgan fingerprint density at radius 2 is 2.25 bits per heavy atom. The summed E-state index contributed by atoms with van der Waals surface area (Å²) in [4.78, 5) is 10.3. The quantitative estimate of drug-likeness (QED) is 0.277. The molecule has 108 valence electrons. The molecule has 1 rings (SSSR count). The fourth-order valence-corrected chi connectivity index (χ4v) is 1.61. The highest BCUT2D eigenvalue weighted by Crippen LogP contribution is 2.13. The lowest BCUT2D eigenvalue weighted by Gasteiger charge is -2.07. The number of nitrogens with zero attached hydrogens (tertiary/aromatic N) is 2. The Labute approximate surface area is 123 Å². The molecule has 0 spiro atoms. The number of rotatable bonds is 6. The number of non-ortho nitro benzene ring substituents is 1. The summed E-state index contributed by atoms with van der Waals surface area (Å²) in [6.07, 6.45) is 2.13. The van der Waals surface area contributed by atoms with Gasteiger partial charge in [-0.2, -0.15) is 5.10 Å². The summed E-state index contributed by atoms with van der Waals surface area (Å²) in [6.45, 7) is 4.66. The molecule has 0 aliphatic heterocycles. The molecule has 0 unspecified atom stereocenters. The van der Waals surface area contributed by atoms with Gasteiger partial charge in [0.05, 0.1) is 10.6 Å². The van der Waals surface area contributed by atoms with Gasteiger partial charge in [0, 0.05) is 24.2 Å². The molecule has 0 saturated carbocycles. The van der Waals surface area contributed by atoms with Crippen LogP contribution in [-0.2, 0) is 0 Å². The predicted molar refractivity (Wildman–Crippen MR) is 84.0 cm³/mol. The zero-order chi connectivity index (χ0) is 15.0. The van der Waals surface area contributed by atoms with Crippen molar-refractivity contribution in [3.05, 3.63) is 39.9 Å². The lowest BCUT2D eigenvalue weighted by atomic mass is 10.1. The molecule has 0 heterocycles. The third-order valence-corrected chi connectivity index (χ3v) is 2.85. The molecule has 6 nitrogen and oxygen atoms in total. The summed E-state index contributed by atoms with van der Waals surface area (Å²) in [5.74, 6) is 0. The van der Waals surface area contributed by atoms with E-state index >= 15 is 0 Å². The first kappa shape index (κ1) is 16.0. The van der Waals surface area contributed by atoms with Gasteiger partial charge in [-0.05, 0) is 25.6 Å². The van der Waals surface area contributed by atoms with Crippen LogP contribution in [0.4, 0.5) is 5.69 Å². The van der Waals surface area contributed by atoms with Crippen molar-refractivity contribution in [2.75, 3.05) is 6.54 Å². The molecule has 0 radical (unpaired) electrons. The van der Waals surface area contributed by atoms with Gasteiger partial charge in [0.25, 0.3) is 5.69 Å². The number of hydrazone groups is 1. The Bertz CT molecular complexity index is 517. The zero-order valence-corrected chi connectivity index (χ0v) is 12.4. The molecule has 20 heavy (non-hydrogen) atoms. The van der Waals surface area contributed by atoms with Crippen LogP contribution in [0.2, 0.25) is 0 Å². The molecule has 7 heteroatoms. The van der Waals surface area contributed by atoms with E-state index in [9.17, 15) is 10.1 Å². The molecular formula is C13H18N4O2S. The molecule has 2 N–H and O–H groups in total. The largest absolute Gasteiger partial charge is 0.361 e. The van der Waals surface area contributed by atoms with E-state index in [1.807, 2.05) is 0 Å². The van der Waals surface area contributed by atoms with Gasteiger partial charge in [-0.15, -0.1) is 0 Å². The van der Waals surface area contributed by atoms with Crippen molar-refractivity contribution in [1.29, 1.82) is 0 Å². The minimum Gasteiger partial charge on any atom is -0.361 e. The van der Waals surface area contributed by atoms with Crippen LogP contribution in [0.3, 0.4) is 0 Å². The second kappa shape index (κ2) is 8.21. The summed E-state index contributed by atoms with van der Waals surface area (Å²) >= 11 is 5.07. The number of benzene rings is 1. The molecule has 0 amide bonds. The van der Waals surface area contributed by atoms with E-state index < -0.39 is 4.92 Å². The van der Waals surface area contributed by atoms with Crippen molar-refractivity contribution in [3.63, 3.8) is 0 Å². The van der Waals surface area contributed by atoms with E-state index in [2.05, 4.69) is 22.8 Å². The van der Waals surface area contributed by atoms with E-state index in [0.717, 1.165) is 19.4 Å². The predicted octanol–water partition coefficient (Wildman–Crippen LogP) is 2.58. The van der Waals surface area contributed by atoms with Crippen LogP contribution in [-0.4, -0.2) is 22.3 Å². The molecular weight excluding hydrogens is 276 g/mol. The zero-order valence-electron chi connectivity index (χ0n) is 11.5. The normalized spacial score (nSPS) is 11.0. The fourth-order valence-electron chi connectivity index (χ4n) is 1.46. The van der Waals surface area contributed by atoms with E-state index in [1.54, 1.807) is 19.1 Å². The lowest BCUT2D eigenvalue weighted by molar-refractivity contribution is -0.384. The molecule has 0 bridgehead atoms. The van der Waals surface area contributed by atoms with Crippen molar-refractivity contribution in [2.24, 2.45) is 5.10 Å². The van der Waals surface area contributed by atoms with Gasteiger partial charge >= 0.3 is 0 Å². The van der Waals surface area contributed by atoms with Crippen molar-refractivity contribution < 1.29 is 4.92 Å². The Morgan fingerprint density at radius 1 is 1.50 bits per heavy atom. The van der Waals surface area contributed by atoms with Crippen LogP contribution in [0.15, 0.2) is 29.4 Å². The van der Waals surface area contributed by atoms with Gasteiger partial charge < -0.3 is 5.32 Å². The monoisotopic (exact) mass is 294 g/mol. The van der Waals surface area contributed by atoms with Crippen LogP contribution in [0.5, 0.6) is 0 Å². The number of nitro groups is 1. The van der Waals surface area contributed by atoms with E-state index in [0.29, 0.717) is 16.4 Å². The van der Waals surface area contributed by atoms with Crippen LogP contribution < -0.4 is 10.7 Å². The molecule has 1 aromatic rings. The van der Waals surface area contributed by atoms with Crippen molar-refractivity contribution in [2.45, 2.75) is 26.7 Å². The van der Waals surface area contributed by atoms with Crippen LogP contribution in [0, 0.1) is 10.1 Å². The second-order valence-corrected chi connectivity index (χ2v) is 4.63. The highest BCUT2D eigenvalue weighted by atomic mass is 32.1. The van der Waals surface area contributed by atoms with Gasteiger partial charge in [-0.1, -0.05) is 25.5 Å². The highest BCUT2D eigenvalue weighted by Gasteiger charge is 2.07. The average molecular weight is 294 g/mol. The number of unbranched alkanes of at least 4 members (excludes halogenated alkanes) is 1. The standard InChI is InChI=1S/C13H18N4O2S/c1-3-4-8-14-13(20)16-15-10(2)11-6-5-7-12(9-11)17(18)19/h5-7,9H,3-4,8H2,1-2H3,(H2,14,16,20). The summed E-state index contributed by atoms with van der Waals surface area (Å²) in [5, 5.41) is 18.3. The third-order valence-electron chi connectivity index (χ3n) is 2.62. The lowest BCUT2D eigenvalue weighted by Crippen LogP contribution is -2.33. The summed E-state index contributed by atoms with van der Waals surface area (Å²) in [7, 11) is 0. The topological polar surface area (TPSA) is 79.6 Å². The maximum atomic E-state index is 10.7. The summed E-state index contributed by atoms with van der Waals surface area (Å²) in [5.41, 5.74) is 4.09.